The third-order valence-electron chi connectivity index (χ3n) is 2.90. The van der Waals surface area contributed by atoms with E-state index < -0.39 is 23.6 Å². The summed E-state index contributed by atoms with van der Waals surface area (Å²) in [4.78, 5) is 0. The smallest absolute Gasteiger partial charge is 0.324 e. The van der Waals surface area contributed by atoms with Gasteiger partial charge in [-0.3, -0.25) is 0 Å². The maximum absolute atomic E-state index is 13.1. The Balaban J connectivity index is 2.62. The first-order chi connectivity index (χ1) is 7.39. The molecular weight excluding hydrogens is 222 g/mol. The Kier molecular flexibility index (Phi) is 2.66. The van der Waals surface area contributed by atoms with Crippen molar-refractivity contribution in [3.63, 3.8) is 0 Å². The van der Waals surface area contributed by atoms with Crippen LogP contribution < -0.4 is 5.73 Å². The molecule has 2 N–H and O–H groups in total. The second-order valence-electron chi connectivity index (χ2n) is 4.02. The van der Waals surface area contributed by atoms with Crippen LogP contribution in [0.4, 0.5) is 17.6 Å². The number of benzene rings is 1. The highest BCUT2D eigenvalue weighted by Crippen LogP contribution is 2.39. The van der Waals surface area contributed by atoms with Gasteiger partial charge in [0.15, 0.2) is 0 Å². The predicted octanol–water partition coefficient (Wildman–Crippen LogP) is 3.18. The quantitative estimate of drug-likeness (QED) is 0.684. The molecule has 1 unspecified atom stereocenters. The SMILES string of the molecule is NC1CCCc2c1cc(F)cc2C(F)(F)F. The molecule has 0 heterocycles. The van der Waals surface area contributed by atoms with Crippen molar-refractivity contribution < 1.29 is 17.6 Å². The van der Waals surface area contributed by atoms with E-state index in [1.54, 1.807) is 0 Å². The van der Waals surface area contributed by atoms with Crippen LogP contribution in [0.5, 0.6) is 0 Å². The standard InChI is InChI=1S/C11H11F4N/c12-6-4-8-7(2-1-3-10(8)16)9(5-6)11(13,14)15/h4-5,10H,1-3,16H2. The molecule has 0 aromatic heterocycles. The molecule has 5 heteroatoms. The van der Waals surface area contributed by atoms with Crippen molar-refractivity contribution in [2.24, 2.45) is 5.73 Å². The molecule has 0 amide bonds. The first-order valence-corrected chi connectivity index (χ1v) is 5.04. The van der Waals surface area contributed by atoms with E-state index in [0.717, 1.165) is 6.07 Å². The van der Waals surface area contributed by atoms with Gasteiger partial charge in [-0.15, -0.1) is 0 Å². The van der Waals surface area contributed by atoms with Crippen LogP contribution >= 0.6 is 0 Å². The van der Waals surface area contributed by atoms with Gasteiger partial charge in [-0.2, -0.15) is 13.2 Å². The van der Waals surface area contributed by atoms with E-state index in [2.05, 4.69) is 0 Å². The Morgan fingerprint density at radius 3 is 2.56 bits per heavy atom. The lowest BCUT2D eigenvalue weighted by Gasteiger charge is -2.25. The zero-order chi connectivity index (χ0) is 11.9. The third kappa shape index (κ3) is 1.91. The first-order valence-electron chi connectivity index (χ1n) is 5.04. The summed E-state index contributed by atoms with van der Waals surface area (Å²) in [5.41, 5.74) is 5.28. The Hall–Kier alpha value is -1.10. The third-order valence-corrected chi connectivity index (χ3v) is 2.90. The van der Waals surface area contributed by atoms with Gasteiger partial charge >= 0.3 is 6.18 Å². The Morgan fingerprint density at radius 2 is 1.94 bits per heavy atom. The molecule has 88 valence electrons. The number of nitrogens with two attached hydrogens (primary N) is 1. The van der Waals surface area contributed by atoms with Gasteiger partial charge in [0, 0.05) is 6.04 Å². The number of fused-ring (bicyclic) bond motifs is 1. The van der Waals surface area contributed by atoms with E-state index in [1.807, 2.05) is 0 Å². The highest BCUT2D eigenvalue weighted by Gasteiger charge is 2.36. The summed E-state index contributed by atoms with van der Waals surface area (Å²) in [5.74, 6) is -0.872. The number of hydrogen-bond donors (Lipinski definition) is 1. The monoisotopic (exact) mass is 233 g/mol. The topological polar surface area (TPSA) is 26.0 Å². The average molecular weight is 233 g/mol. The Labute approximate surface area is 90.3 Å². The summed E-state index contributed by atoms with van der Waals surface area (Å²) in [6, 6.07) is 1.19. The molecule has 1 aliphatic rings. The minimum Gasteiger partial charge on any atom is -0.324 e. The van der Waals surface area contributed by atoms with Crippen molar-refractivity contribution in [2.75, 3.05) is 0 Å². The molecule has 1 nitrogen and oxygen atoms in total. The zero-order valence-electron chi connectivity index (χ0n) is 8.44. The molecule has 1 aliphatic carbocycles. The fourth-order valence-electron chi connectivity index (χ4n) is 2.17. The highest BCUT2D eigenvalue weighted by atomic mass is 19.4. The summed E-state index contributed by atoms with van der Waals surface area (Å²) >= 11 is 0. The van der Waals surface area contributed by atoms with Crippen LogP contribution in [-0.2, 0) is 12.6 Å². The number of halogens is 4. The van der Waals surface area contributed by atoms with Crippen molar-refractivity contribution in [1.82, 2.24) is 0 Å². The van der Waals surface area contributed by atoms with Gasteiger partial charge in [-0.25, -0.2) is 4.39 Å². The molecule has 0 saturated carbocycles. The molecule has 1 aromatic carbocycles. The van der Waals surface area contributed by atoms with E-state index in [1.165, 1.54) is 0 Å². The van der Waals surface area contributed by atoms with Gasteiger partial charge < -0.3 is 5.73 Å². The van der Waals surface area contributed by atoms with Crippen LogP contribution in [0, 0.1) is 5.82 Å². The molecule has 1 atom stereocenters. The van der Waals surface area contributed by atoms with Gasteiger partial charge in [0.25, 0.3) is 0 Å². The van der Waals surface area contributed by atoms with Gasteiger partial charge in [0.1, 0.15) is 5.82 Å². The molecule has 0 spiro atoms. The second kappa shape index (κ2) is 3.73. The van der Waals surface area contributed by atoms with E-state index in [4.69, 9.17) is 5.73 Å². The lowest BCUT2D eigenvalue weighted by Crippen LogP contribution is -2.22. The van der Waals surface area contributed by atoms with Crippen LogP contribution in [0.25, 0.3) is 0 Å². The fraction of sp³-hybridized carbons (Fsp3) is 0.455. The molecule has 2 rings (SSSR count). The molecule has 0 fully saturated rings. The molecule has 0 saturated heterocycles. The van der Waals surface area contributed by atoms with Crippen LogP contribution in [0.15, 0.2) is 12.1 Å². The first kappa shape index (κ1) is 11.4. The van der Waals surface area contributed by atoms with Crippen molar-refractivity contribution in [3.8, 4) is 0 Å². The van der Waals surface area contributed by atoms with Crippen LogP contribution in [0.3, 0.4) is 0 Å². The summed E-state index contributed by atoms with van der Waals surface area (Å²) in [5, 5.41) is 0. The van der Waals surface area contributed by atoms with E-state index in [9.17, 15) is 17.6 Å². The largest absolute Gasteiger partial charge is 0.416 e. The summed E-state index contributed by atoms with van der Waals surface area (Å²) in [7, 11) is 0. The average Bonchev–Trinajstić information content (AvgIpc) is 2.17. The van der Waals surface area contributed by atoms with Gasteiger partial charge in [0.2, 0.25) is 0 Å². The highest BCUT2D eigenvalue weighted by molar-refractivity contribution is 5.41. The lowest BCUT2D eigenvalue weighted by molar-refractivity contribution is -0.138. The Morgan fingerprint density at radius 1 is 1.25 bits per heavy atom. The number of hydrogen-bond acceptors (Lipinski definition) is 1. The minimum atomic E-state index is -4.51. The normalized spacial score (nSPS) is 20.7. The van der Waals surface area contributed by atoms with Crippen molar-refractivity contribution in [2.45, 2.75) is 31.5 Å². The Bertz CT molecular complexity index is 411. The predicted molar refractivity (Wildman–Crippen MR) is 51.3 cm³/mol. The number of rotatable bonds is 0. The molecule has 0 radical (unpaired) electrons. The molecule has 1 aromatic rings. The summed E-state index contributed by atoms with van der Waals surface area (Å²) < 4.78 is 51.1. The van der Waals surface area contributed by atoms with Crippen LogP contribution in [0.2, 0.25) is 0 Å². The van der Waals surface area contributed by atoms with E-state index in [-0.39, 0.29) is 5.56 Å². The number of alkyl halides is 3. The van der Waals surface area contributed by atoms with E-state index in [0.29, 0.717) is 30.9 Å². The van der Waals surface area contributed by atoms with Crippen molar-refractivity contribution in [3.05, 3.63) is 34.6 Å². The van der Waals surface area contributed by atoms with Gasteiger partial charge in [-0.05, 0) is 42.5 Å². The maximum Gasteiger partial charge on any atom is 0.416 e. The van der Waals surface area contributed by atoms with Crippen LogP contribution in [0.1, 0.15) is 35.6 Å². The lowest BCUT2D eigenvalue weighted by atomic mass is 9.85. The molecule has 0 bridgehead atoms. The van der Waals surface area contributed by atoms with Crippen LogP contribution in [-0.4, -0.2) is 0 Å². The van der Waals surface area contributed by atoms with Gasteiger partial charge in [0.05, 0.1) is 5.56 Å². The molecule has 0 aliphatic heterocycles. The summed E-state index contributed by atoms with van der Waals surface area (Å²) in [6.45, 7) is 0. The van der Waals surface area contributed by atoms with Crippen molar-refractivity contribution in [1.29, 1.82) is 0 Å². The molecular formula is C11H11F4N. The van der Waals surface area contributed by atoms with E-state index >= 15 is 0 Å². The summed E-state index contributed by atoms with van der Waals surface area (Å²) in [6.07, 6.45) is -2.97. The maximum atomic E-state index is 13.1. The minimum absolute atomic E-state index is 0.160. The van der Waals surface area contributed by atoms with Crippen molar-refractivity contribution >= 4 is 0 Å². The fourth-order valence-corrected chi connectivity index (χ4v) is 2.17. The molecule has 16 heavy (non-hydrogen) atoms. The second-order valence-corrected chi connectivity index (χ2v) is 4.02. The zero-order valence-corrected chi connectivity index (χ0v) is 8.44. The van der Waals surface area contributed by atoms with Gasteiger partial charge in [-0.1, -0.05) is 0 Å².